The number of aromatic nitrogens is 1. The number of ether oxygens (including phenoxy) is 2. The van der Waals surface area contributed by atoms with Crippen molar-refractivity contribution < 1.29 is 9.47 Å². The van der Waals surface area contributed by atoms with E-state index in [0.717, 1.165) is 27.7 Å². The van der Waals surface area contributed by atoms with Gasteiger partial charge in [-0.15, -0.1) is 11.3 Å². The van der Waals surface area contributed by atoms with Gasteiger partial charge in [-0.3, -0.25) is 0 Å². The number of nitriles is 1. The van der Waals surface area contributed by atoms with Crippen molar-refractivity contribution >= 4 is 11.3 Å². The summed E-state index contributed by atoms with van der Waals surface area (Å²) in [4.78, 5) is 5.57. The summed E-state index contributed by atoms with van der Waals surface area (Å²) in [5, 5.41) is 9.85. The first-order valence-corrected chi connectivity index (χ1v) is 7.04. The molecule has 20 heavy (non-hydrogen) atoms. The second-order valence-electron chi connectivity index (χ2n) is 4.27. The van der Waals surface area contributed by atoms with Gasteiger partial charge in [0.2, 0.25) is 0 Å². The molecule has 0 amide bonds. The number of methoxy groups -OCH3 is 2. The molecule has 0 aliphatic carbocycles. The van der Waals surface area contributed by atoms with E-state index in [0.29, 0.717) is 13.0 Å². The monoisotopic (exact) mass is 288 g/mol. The van der Waals surface area contributed by atoms with E-state index in [9.17, 15) is 0 Å². The molecule has 2 aromatic rings. The first-order valence-electron chi connectivity index (χ1n) is 6.23. The molecule has 0 radical (unpaired) electrons. The van der Waals surface area contributed by atoms with Gasteiger partial charge >= 0.3 is 0 Å². The van der Waals surface area contributed by atoms with Gasteiger partial charge in [-0.05, 0) is 17.7 Å². The molecule has 0 spiro atoms. The Bertz CT molecular complexity index is 599. The molecule has 0 atom stereocenters. The van der Waals surface area contributed by atoms with Crippen molar-refractivity contribution in [2.45, 2.75) is 19.4 Å². The number of hydrogen-bond acceptors (Lipinski definition) is 5. The van der Waals surface area contributed by atoms with E-state index < -0.39 is 0 Å². The highest BCUT2D eigenvalue weighted by Crippen LogP contribution is 2.23. The minimum atomic E-state index is 0.388. The van der Waals surface area contributed by atoms with Gasteiger partial charge in [-0.25, -0.2) is 4.98 Å². The number of hydrogen-bond donors (Lipinski definition) is 0. The normalized spacial score (nSPS) is 10.2. The SMILES string of the molecule is COCc1nc(Cc2ccc(OC)cc2)sc1CC#N. The van der Waals surface area contributed by atoms with E-state index >= 15 is 0 Å². The minimum Gasteiger partial charge on any atom is -0.497 e. The zero-order chi connectivity index (χ0) is 14.4. The third kappa shape index (κ3) is 3.56. The van der Waals surface area contributed by atoms with Crippen LogP contribution in [0.1, 0.15) is 21.1 Å². The summed E-state index contributed by atoms with van der Waals surface area (Å²) in [5.74, 6) is 0.845. The molecule has 0 saturated heterocycles. The van der Waals surface area contributed by atoms with E-state index in [1.54, 1.807) is 25.6 Å². The van der Waals surface area contributed by atoms with Crippen molar-refractivity contribution in [1.29, 1.82) is 5.26 Å². The second kappa shape index (κ2) is 7.04. The van der Waals surface area contributed by atoms with E-state index in [2.05, 4.69) is 11.1 Å². The summed E-state index contributed by atoms with van der Waals surface area (Å²) in [5.41, 5.74) is 2.05. The predicted molar refractivity (Wildman–Crippen MR) is 77.9 cm³/mol. The Morgan fingerprint density at radius 2 is 2.00 bits per heavy atom. The third-order valence-corrected chi connectivity index (χ3v) is 3.96. The first-order chi connectivity index (χ1) is 9.76. The van der Waals surface area contributed by atoms with Crippen molar-refractivity contribution in [1.82, 2.24) is 4.98 Å². The molecule has 1 aromatic carbocycles. The summed E-state index contributed by atoms with van der Waals surface area (Å²) in [6.07, 6.45) is 1.15. The smallest absolute Gasteiger partial charge is 0.118 e. The Balaban J connectivity index is 2.15. The molecular formula is C15H16N2O2S. The van der Waals surface area contributed by atoms with Crippen LogP contribution in [0.15, 0.2) is 24.3 Å². The van der Waals surface area contributed by atoms with Gasteiger partial charge in [0.25, 0.3) is 0 Å². The van der Waals surface area contributed by atoms with Crippen LogP contribution in [0, 0.1) is 11.3 Å². The molecule has 2 rings (SSSR count). The molecule has 0 fully saturated rings. The molecule has 0 N–H and O–H groups in total. The molecule has 0 saturated carbocycles. The van der Waals surface area contributed by atoms with Crippen molar-refractivity contribution in [3.8, 4) is 11.8 Å². The van der Waals surface area contributed by atoms with E-state index in [-0.39, 0.29) is 0 Å². The van der Waals surface area contributed by atoms with Crippen LogP contribution in [-0.4, -0.2) is 19.2 Å². The second-order valence-corrected chi connectivity index (χ2v) is 5.44. The van der Waals surface area contributed by atoms with E-state index in [1.165, 1.54) is 5.56 Å². The van der Waals surface area contributed by atoms with E-state index in [1.807, 2.05) is 24.3 Å². The zero-order valence-corrected chi connectivity index (χ0v) is 12.4. The highest BCUT2D eigenvalue weighted by atomic mass is 32.1. The average Bonchev–Trinajstić information content (AvgIpc) is 2.82. The van der Waals surface area contributed by atoms with Crippen molar-refractivity contribution in [2.24, 2.45) is 0 Å². The van der Waals surface area contributed by atoms with E-state index in [4.69, 9.17) is 14.7 Å². The van der Waals surface area contributed by atoms with Crippen LogP contribution in [0.25, 0.3) is 0 Å². The molecule has 4 nitrogen and oxygen atoms in total. The topological polar surface area (TPSA) is 55.1 Å². The average molecular weight is 288 g/mol. The maximum Gasteiger partial charge on any atom is 0.118 e. The van der Waals surface area contributed by atoms with Gasteiger partial charge in [0.15, 0.2) is 0 Å². The Morgan fingerprint density at radius 3 is 2.60 bits per heavy atom. The van der Waals surface area contributed by atoms with Gasteiger partial charge in [0.1, 0.15) is 5.75 Å². The van der Waals surface area contributed by atoms with Crippen LogP contribution < -0.4 is 4.74 Å². The number of nitrogens with zero attached hydrogens (tertiary/aromatic N) is 2. The molecule has 1 aromatic heterocycles. The maximum absolute atomic E-state index is 8.84. The Hall–Kier alpha value is -1.90. The summed E-state index contributed by atoms with van der Waals surface area (Å²) in [7, 11) is 3.29. The Morgan fingerprint density at radius 1 is 1.25 bits per heavy atom. The zero-order valence-electron chi connectivity index (χ0n) is 11.5. The number of thiazole rings is 1. The van der Waals surface area contributed by atoms with Gasteiger partial charge in [-0.1, -0.05) is 12.1 Å². The molecule has 5 heteroatoms. The van der Waals surface area contributed by atoms with Crippen LogP contribution in [0.5, 0.6) is 5.75 Å². The molecule has 0 aliphatic rings. The standard InChI is InChI=1S/C15H16N2O2S/c1-18-10-13-14(7-8-16)20-15(17-13)9-11-3-5-12(19-2)6-4-11/h3-6H,7,9-10H2,1-2H3. The largest absolute Gasteiger partial charge is 0.497 e. The summed E-state index contributed by atoms with van der Waals surface area (Å²) in [6.45, 7) is 0.454. The van der Waals surface area contributed by atoms with Crippen molar-refractivity contribution in [2.75, 3.05) is 14.2 Å². The minimum absolute atomic E-state index is 0.388. The third-order valence-electron chi connectivity index (χ3n) is 2.86. The first kappa shape index (κ1) is 14.5. The summed E-state index contributed by atoms with van der Waals surface area (Å²) >= 11 is 1.58. The number of rotatable bonds is 6. The molecule has 104 valence electrons. The molecule has 0 unspecified atom stereocenters. The molecule has 1 heterocycles. The fourth-order valence-electron chi connectivity index (χ4n) is 1.89. The maximum atomic E-state index is 8.84. The van der Waals surface area contributed by atoms with Crippen LogP contribution in [0.4, 0.5) is 0 Å². The lowest BCUT2D eigenvalue weighted by atomic mass is 10.1. The quantitative estimate of drug-likeness (QED) is 0.820. The van der Waals surface area contributed by atoms with Gasteiger partial charge in [0, 0.05) is 18.4 Å². The Labute approximate surface area is 122 Å². The van der Waals surface area contributed by atoms with Crippen LogP contribution in [-0.2, 0) is 24.2 Å². The predicted octanol–water partition coefficient (Wildman–Crippen LogP) is 2.95. The lowest BCUT2D eigenvalue weighted by Crippen LogP contribution is -1.93. The lowest BCUT2D eigenvalue weighted by Gasteiger charge is -2.01. The molecule has 0 bridgehead atoms. The van der Waals surface area contributed by atoms with Crippen LogP contribution >= 0.6 is 11.3 Å². The van der Waals surface area contributed by atoms with Gasteiger partial charge in [-0.2, -0.15) is 5.26 Å². The van der Waals surface area contributed by atoms with Crippen LogP contribution in [0.3, 0.4) is 0 Å². The molecule has 0 aliphatic heterocycles. The van der Waals surface area contributed by atoms with Crippen molar-refractivity contribution in [3.05, 3.63) is 45.4 Å². The fraction of sp³-hybridized carbons (Fsp3) is 0.333. The van der Waals surface area contributed by atoms with Gasteiger partial charge in [0.05, 0.1) is 36.9 Å². The summed E-state index contributed by atoms with van der Waals surface area (Å²) < 4.78 is 10.3. The Kier molecular flexibility index (Phi) is 5.10. The van der Waals surface area contributed by atoms with Gasteiger partial charge < -0.3 is 9.47 Å². The van der Waals surface area contributed by atoms with Crippen molar-refractivity contribution in [3.63, 3.8) is 0 Å². The fourth-order valence-corrected chi connectivity index (χ4v) is 2.93. The lowest BCUT2D eigenvalue weighted by molar-refractivity contribution is 0.181. The number of benzene rings is 1. The highest BCUT2D eigenvalue weighted by molar-refractivity contribution is 7.11. The molecular weight excluding hydrogens is 272 g/mol. The summed E-state index contributed by atoms with van der Waals surface area (Å²) in [6, 6.07) is 10.1. The van der Waals surface area contributed by atoms with Crippen LogP contribution in [0.2, 0.25) is 0 Å². The highest BCUT2D eigenvalue weighted by Gasteiger charge is 2.11.